The number of carbonyl (C=O) groups is 1. The summed E-state index contributed by atoms with van der Waals surface area (Å²) >= 11 is 0.731. The first-order valence-corrected chi connectivity index (χ1v) is 9.13. The number of hydrogen-bond acceptors (Lipinski definition) is 4. The number of carbonyl (C=O) groups excluding carboxylic acids is 1. The lowest BCUT2D eigenvalue weighted by atomic mass is 10.1. The number of likely N-dealkylation sites (tertiary alicyclic amines) is 1. The van der Waals surface area contributed by atoms with Crippen LogP contribution in [0.1, 0.15) is 33.6 Å². The molecule has 4 nitrogen and oxygen atoms in total. The van der Waals surface area contributed by atoms with Crippen molar-refractivity contribution in [3.63, 3.8) is 0 Å². The third kappa shape index (κ3) is 3.77. The van der Waals surface area contributed by atoms with Crippen LogP contribution in [0.3, 0.4) is 0 Å². The van der Waals surface area contributed by atoms with Crippen LogP contribution in [-0.4, -0.2) is 35.2 Å². The fraction of sp³-hybridized carbons (Fsp3) is 0.389. The predicted octanol–water partition coefficient (Wildman–Crippen LogP) is 3.95. The predicted molar refractivity (Wildman–Crippen MR) is 94.1 cm³/mol. The molecule has 1 aliphatic rings. The van der Waals surface area contributed by atoms with Crippen LogP contribution in [0.4, 0.5) is 18.9 Å². The fourth-order valence-electron chi connectivity index (χ4n) is 2.90. The number of rotatable bonds is 5. The van der Waals surface area contributed by atoms with Crippen molar-refractivity contribution in [2.75, 3.05) is 18.4 Å². The van der Waals surface area contributed by atoms with E-state index in [-0.39, 0.29) is 10.4 Å². The van der Waals surface area contributed by atoms with Gasteiger partial charge in [-0.3, -0.25) is 9.69 Å². The molecule has 0 bridgehead atoms. The summed E-state index contributed by atoms with van der Waals surface area (Å²) in [4.78, 5) is 13.2. The van der Waals surface area contributed by atoms with Gasteiger partial charge in [-0.15, -0.1) is 11.3 Å². The van der Waals surface area contributed by atoms with Gasteiger partial charge in [-0.05, 0) is 49.6 Å². The maximum Gasteiger partial charge on any atom is 0.320 e. The minimum Gasteiger partial charge on any atom is -0.372 e. The first kappa shape index (κ1) is 18.9. The molecule has 1 fully saturated rings. The number of aliphatic hydroxyl groups is 1. The summed E-state index contributed by atoms with van der Waals surface area (Å²) in [6.07, 6.45) is -0.343. The number of aryl methyl sites for hydroxylation is 1. The van der Waals surface area contributed by atoms with E-state index in [2.05, 4.69) is 5.32 Å². The minimum absolute atomic E-state index is 0.0697. The van der Waals surface area contributed by atoms with Gasteiger partial charge in [-0.1, -0.05) is 0 Å². The molecule has 2 heterocycles. The van der Waals surface area contributed by atoms with E-state index in [9.17, 15) is 23.1 Å². The monoisotopic (exact) mass is 384 g/mol. The summed E-state index contributed by atoms with van der Waals surface area (Å²) in [6, 6.07) is 5.19. The van der Waals surface area contributed by atoms with Crippen molar-refractivity contribution in [2.45, 2.75) is 31.9 Å². The highest BCUT2D eigenvalue weighted by Crippen LogP contribution is 2.38. The molecule has 0 aliphatic carbocycles. The number of halogens is 3. The summed E-state index contributed by atoms with van der Waals surface area (Å²) in [7, 11) is 0. The number of thiophene rings is 1. The summed E-state index contributed by atoms with van der Waals surface area (Å²) in [5.41, 5.74) is 0.819. The Balaban J connectivity index is 1.73. The van der Waals surface area contributed by atoms with E-state index in [0.717, 1.165) is 30.2 Å². The third-order valence-corrected chi connectivity index (χ3v) is 5.43. The molecule has 2 aromatic rings. The summed E-state index contributed by atoms with van der Waals surface area (Å²) < 4.78 is 42.4. The Morgan fingerprint density at radius 3 is 2.65 bits per heavy atom. The lowest BCUT2D eigenvalue weighted by molar-refractivity contribution is -0.175. The molecule has 1 atom stereocenters. The number of nitrogens with zero attached hydrogens (tertiary/aromatic N) is 1. The van der Waals surface area contributed by atoms with Gasteiger partial charge in [0.25, 0.3) is 5.91 Å². The van der Waals surface area contributed by atoms with Gasteiger partial charge in [0.1, 0.15) is 5.82 Å². The highest BCUT2D eigenvalue weighted by Gasteiger charge is 2.45. The summed E-state index contributed by atoms with van der Waals surface area (Å²) in [5.74, 6) is -4.42. The summed E-state index contributed by atoms with van der Waals surface area (Å²) in [6.45, 7) is 2.42. The van der Waals surface area contributed by atoms with Crippen molar-refractivity contribution in [3.8, 4) is 0 Å². The standard InChI is InChI=1S/C18H19F3N2O2S/c1-11-8-13(4-5-14(11)19)22-16(24)12-9-15(26-10-12)18(20,21)17(25)23-6-2-3-7-23/h4-5,8-10,17,25H,2-3,6-7H2,1H3,(H,22,24). The number of hydrogen-bond donors (Lipinski definition) is 2. The first-order chi connectivity index (χ1) is 12.3. The van der Waals surface area contributed by atoms with Crippen LogP contribution in [0.25, 0.3) is 0 Å². The van der Waals surface area contributed by atoms with E-state index in [1.54, 1.807) is 6.92 Å². The number of benzene rings is 1. The molecule has 1 amide bonds. The number of amides is 1. The second-order valence-corrected chi connectivity index (χ2v) is 7.27. The molecule has 0 spiro atoms. The Labute approximate surface area is 153 Å². The zero-order valence-corrected chi connectivity index (χ0v) is 15.0. The van der Waals surface area contributed by atoms with Crippen LogP contribution < -0.4 is 5.32 Å². The van der Waals surface area contributed by atoms with Gasteiger partial charge in [0.2, 0.25) is 0 Å². The molecule has 1 unspecified atom stereocenters. The van der Waals surface area contributed by atoms with Gasteiger partial charge in [-0.25, -0.2) is 4.39 Å². The normalized spacial score (nSPS) is 16.7. The van der Waals surface area contributed by atoms with Crippen molar-refractivity contribution in [1.82, 2.24) is 4.90 Å². The van der Waals surface area contributed by atoms with Crippen molar-refractivity contribution >= 4 is 22.9 Å². The van der Waals surface area contributed by atoms with Crippen LogP contribution in [0, 0.1) is 12.7 Å². The molecule has 1 aromatic heterocycles. The van der Waals surface area contributed by atoms with E-state index < -0.39 is 23.9 Å². The fourth-order valence-corrected chi connectivity index (χ4v) is 3.79. The Morgan fingerprint density at radius 1 is 1.31 bits per heavy atom. The molecule has 2 N–H and O–H groups in total. The molecular weight excluding hydrogens is 365 g/mol. The van der Waals surface area contributed by atoms with Gasteiger partial charge in [0.05, 0.1) is 10.4 Å². The maximum atomic E-state index is 14.5. The summed E-state index contributed by atoms with van der Waals surface area (Å²) in [5, 5.41) is 13.9. The average Bonchev–Trinajstić information content (AvgIpc) is 3.29. The van der Waals surface area contributed by atoms with E-state index in [1.807, 2.05) is 0 Å². The molecule has 1 aromatic carbocycles. The molecule has 140 valence electrons. The number of anilines is 1. The second kappa shape index (κ2) is 7.38. The molecule has 8 heteroatoms. The van der Waals surface area contributed by atoms with Gasteiger partial charge in [0, 0.05) is 24.2 Å². The molecule has 0 saturated carbocycles. The quantitative estimate of drug-likeness (QED) is 0.821. The van der Waals surface area contributed by atoms with Crippen molar-refractivity contribution in [1.29, 1.82) is 0 Å². The minimum atomic E-state index is -3.46. The lowest BCUT2D eigenvalue weighted by Gasteiger charge is -2.29. The zero-order chi connectivity index (χ0) is 18.9. The average molecular weight is 384 g/mol. The van der Waals surface area contributed by atoms with Gasteiger partial charge in [0.15, 0.2) is 6.23 Å². The number of alkyl halides is 2. The topological polar surface area (TPSA) is 52.6 Å². The van der Waals surface area contributed by atoms with E-state index >= 15 is 0 Å². The highest BCUT2D eigenvalue weighted by molar-refractivity contribution is 7.10. The second-order valence-electron chi connectivity index (χ2n) is 6.36. The lowest BCUT2D eigenvalue weighted by Crippen LogP contribution is -2.44. The van der Waals surface area contributed by atoms with Crippen LogP contribution >= 0.6 is 11.3 Å². The van der Waals surface area contributed by atoms with Crippen molar-refractivity contribution < 1.29 is 23.1 Å². The molecule has 0 radical (unpaired) electrons. The zero-order valence-electron chi connectivity index (χ0n) is 14.1. The van der Waals surface area contributed by atoms with Crippen LogP contribution in [-0.2, 0) is 5.92 Å². The van der Waals surface area contributed by atoms with Crippen LogP contribution in [0.15, 0.2) is 29.6 Å². The smallest absolute Gasteiger partial charge is 0.320 e. The van der Waals surface area contributed by atoms with E-state index in [0.29, 0.717) is 24.3 Å². The largest absolute Gasteiger partial charge is 0.372 e. The Kier molecular flexibility index (Phi) is 5.36. The Morgan fingerprint density at radius 2 is 2.00 bits per heavy atom. The molecule has 26 heavy (non-hydrogen) atoms. The SMILES string of the molecule is Cc1cc(NC(=O)c2csc(C(F)(F)C(O)N3CCCC3)c2)ccc1F. The van der Waals surface area contributed by atoms with Crippen LogP contribution in [0.5, 0.6) is 0 Å². The molecule has 1 saturated heterocycles. The molecule has 3 rings (SSSR count). The highest BCUT2D eigenvalue weighted by atomic mass is 32.1. The van der Waals surface area contributed by atoms with Gasteiger partial charge < -0.3 is 10.4 Å². The Hall–Kier alpha value is -1.90. The van der Waals surface area contributed by atoms with E-state index in [1.165, 1.54) is 28.5 Å². The third-order valence-electron chi connectivity index (χ3n) is 4.42. The van der Waals surface area contributed by atoms with Gasteiger partial charge in [-0.2, -0.15) is 8.78 Å². The van der Waals surface area contributed by atoms with Crippen LogP contribution in [0.2, 0.25) is 0 Å². The maximum absolute atomic E-state index is 14.5. The molecule has 1 aliphatic heterocycles. The van der Waals surface area contributed by atoms with Gasteiger partial charge >= 0.3 is 5.92 Å². The Bertz CT molecular complexity index is 803. The number of nitrogens with one attached hydrogen (secondary N) is 1. The van der Waals surface area contributed by atoms with Crippen molar-refractivity contribution in [2.24, 2.45) is 0 Å². The molecular formula is C18H19F3N2O2S. The van der Waals surface area contributed by atoms with E-state index in [4.69, 9.17) is 0 Å². The number of aliphatic hydroxyl groups excluding tert-OH is 1. The van der Waals surface area contributed by atoms with Crippen molar-refractivity contribution in [3.05, 3.63) is 51.5 Å². The first-order valence-electron chi connectivity index (χ1n) is 8.25.